The van der Waals surface area contributed by atoms with Crippen LogP contribution in [0.5, 0.6) is 0 Å². The number of hydrogen-bond acceptors (Lipinski definition) is 6. The van der Waals surface area contributed by atoms with Crippen LogP contribution in [0.25, 0.3) is 0 Å². The van der Waals surface area contributed by atoms with Crippen molar-refractivity contribution >= 4 is 17.9 Å². The van der Waals surface area contributed by atoms with Gasteiger partial charge in [-0.2, -0.15) is 0 Å². The molecular weight excluding hydrogens is 937 g/mol. The number of unbranched alkanes of at least 4 members (excludes halogenated alkanes) is 34. The fraction of sp³-hybridized carbons (Fsp3) is 0.757. The Labute approximate surface area is 471 Å². The number of rotatable bonds is 59. The molecule has 0 aromatic heterocycles. The Morgan fingerprint density at radius 2 is 0.513 bits per heavy atom. The van der Waals surface area contributed by atoms with Gasteiger partial charge in [0.2, 0.25) is 0 Å². The minimum Gasteiger partial charge on any atom is -0.462 e. The molecule has 0 bridgehead atoms. The van der Waals surface area contributed by atoms with E-state index in [9.17, 15) is 14.4 Å². The highest BCUT2D eigenvalue weighted by Gasteiger charge is 2.19. The maximum Gasteiger partial charge on any atom is 0.306 e. The largest absolute Gasteiger partial charge is 0.462 e. The summed E-state index contributed by atoms with van der Waals surface area (Å²) in [5, 5.41) is 0. The predicted molar refractivity (Wildman–Crippen MR) is 330 cm³/mol. The lowest BCUT2D eigenvalue weighted by molar-refractivity contribution is -0.167. The summed E-state index contributed by atoms with van der Waals surface area (Å²) >= 11 is 0. The van der Waals surface area contributed by atoms with Crippen molar-refractivity contribution in [3.05, 3.63) is 85.1 Å². The van der Waals surface area contributed by atoms with Gasteiger partial charge in [-0.25, -0.2) is 0 Å². The van der Waals surface area contributed by atoms with Crippen molar-refractivity contribution in [2.45, 2.75) is 329 Å². The van der Waals surface area contributed by atoms with E-state index >= 15 is 0 Å². The monoisotopic (exact) mass is 1060 g/mol. The highest BCUT2D eigenvalue weighted by Crippen LogP contribution is 2.17. The smallest absolute Gasteiger partial charge is 0.306 e. The molecule has 0 aliphatic heterocycles. The molecule has 0 radical (unpaired) electrons. The highest BCUT2D eigenvalue weighted by atomic mass is 16.6. The lowest BCUT2D eigenvalue weighted by Crippen LogP contribution is -2.30. The first kappa shape index (κ1) is 72.6. The lowest BCUT2D eigenvalue weighted by atomic mass is 10.0. The molecule has 0 N–H and O–H groups in total. The summed E-state index contributed by atoms with van der Waals surface area (Å²) in [5.74, 6) is -0.902. The molecule has 6 heteroatoms. The number of carbonyl (C=O) groups is 3. The third kappa shape index (κ3) is 61.4. The van der Waals surface area contributed by atoms with Crippen LogP contribution in [-0.4, -0.2) is 37.2 Å². The van der Waals surface area contributed by atoms with Gasteiger partial charge in [-0.1, -0.05) is 298 Å². The summed E-state index contributed by atoms with van der Waals surface area (Å²) in [6.45, 7) is 6.40. The minimum absolute atomic E-state index is 0.0832. The van der Waals surface area contributed by atoms with Gasteiger partial charge >= 0.3 is 17.9 Å². The topological polar surface area (TPSA) is 78.9 Å². The molecule has 1 atom stereocenters. The maximum atomic E-state index is 12.8. The molecule has 0 heterocycles. The average molecular weight is 1060 g/mol. The first-order chi connectivity index (χ1) is 37.5. The molecule has 0 rings (SSSR count). The van der Waals surface area contributed by atoms with Crippen LogP contribution in [0.4, 0.5) is 0 Å². The van der Waals surface area contributed by atoms with Crippen molar-refractivity contribution in [1.82, 2.24) is 0 Å². The first-order valence-corrected chi connectivity index (χ1v) is 32.6. The van der Waals surface area contributed by atoms with Gasteiger partial charge in [0, 0.05) is 19.3 Å². The van der Waals surface area contributed by atoms with E-state index in [1.54, 1.807) is 0 Å². The average Bonchev–Trinajstić information content (AvgIpc) is 3.42. The van der Waals surface area contributed by atoms with Gasteiger partial charge in [0.15, 0.2) is 6.10 Å². The normalized spacial score (nSPS) is 12.6. The molecule has 0 aliphatic carbocycles. The molecule has 0 saturated carbocycles. The van der Waals surface area contributed by atoms with Crippen molar-refractivity contribution in [3.63, 3.8) is 0 Å². The molecule has 0 spiro atoms. The van der Waals surface area contributed by atoms with Crippen molar-refractivity contribution < 1.29 is 28.6 Å². The molecule has 76 heavy (non-hydrogen) atoms. The number of ether oxygens (including phenoxy) is 3. The quantitative estimate of drug-likeness (QED) is 0.0261. The predicted octanol–water partition coefficient (Wildman–Crippen LogP) is 22.3. The summed E-state index contributed by atoms with van der Waals surface area (Å²) in [6.07, 6.45) is 84.9. The van der Waals surface area contributed by atoms with Crippen LogP contribution in [0, 0.1) is 0 Å². The highest BCUT2D eigenvalue weighted by molar-refractivity contribution is 5.71. The van der Waals surface area contributed by atoms with Gasteiger partial charge in [-0.15, -0.1) is 0 Å². The van der Waals surface area contributed by atoms with E-state index in [1.807, 2.05) is 0 Å². The fourth-order valence-corrected chi connectivity index (χ4v) is 9.33. The van der Waals surface area contributed by atoms with E-state index in [2.05, 4.69) is 106 Å². The van der Waals surface area contributed by atoms with Crippen LogP contribution in [0.15, 0.2) is 85.1 Å². The van der Waals surface area contributed by atoms with E-state index in [0.29, 0.717) is 19.3 Å². The van der Waals surface area contributed by atoms with Gasteiger partial charge in [0.05, 0.1) is 0 Å². The Kier molecular flexibility index (Phi) is 61.2. The molecule has 1 unspecified atom stereocenters. The van der Waals surface area contributed by atoms with E-state index < -0.39 is 6.10 Å². The van der Waals surface area contributed by atoms with Crippen molar-refractivity contribution in [1.29, 1.82) is 0 Å². The molecular formula is C70H122O6. The molecule has 0 saturated heterocycles. The standard InChI is InChI=1S/C70H122O6/c1-4-7-10-13-16-19-22-24-25-26-27-28-29-30-31-32-33-34-35-36-37-38-39-40-41-42-43-44-45-47-48-51-54-57-60-63-69(72)75-66-67(65-74-68(71)62-59-56-53-50-21-18-15-12-9-6-3)76-70(73)64-61-58-55-52-49-46-23-20-17-14-11-8-5-2/h7-8,10-11,16-17,19-20,24-25,27-28,46,49,67H,4-6,9,12-15,18,21-23,26,29-45,47-48,50-66H2,1-3H3/b10-7-,11-8-,19-16-,20-17-,25-24-,28-27-,49-46-. The van der Waals surface area contributed by atoms with Crippen LogP contribution in [0.2, 0.25) is 0 Å². The SMILES string of the molecule is CC/C=C\C/C=C\C/C=C\C/C=C\CCCCCCCCCCCCCCCCCCCCCCCCC(=O)OCC(COC(=O)CCCCCCCCCCCC)OC(=O)CCCCC/C=C\C/C=C\C/C=C\CC. The summed E-state index contributed by atoms with van der Waals surface area (Å²) < 4.78 is 16.8. The lowest BCUT2D eigenvalue weighted by Gasteiger charge is -2.18. The zero-order chi connectivity index (χ0) is 55.0. The van der Waals surface area contributed by atoms with Gasteiger partial charge in [-0.05, 0) is 89.9 Å². The van der Waals surface area contributed by atoms with Crippen LogP contribution in [0.3, 0.4) is 0 Å². The van der Waals surface area contributed by atoms with Crippen LogP contribution in [0.1, 0.15) is 323 Å². The summed E-state index contributed by atoms with van der Waals surface area (Å²) in [7, 11) is 0. The Balaban J connectivity index is 4.01. The number of esters is 3. The zero-order valence-electron chi connectivity index (χ0n) is 50.3. The summed E-state index contributed by atoms with van der Waals surface area (Å²) in [5.41, 5.74) is 0. The summed E-state index contributed by atoms with van der Waals surface area (Å²) in [6, 6.07) is 0. The first-order valence-electron chi connectivity index (χ1n) is 32.6. The Bertz CT molecular complexity index is 1450. The van der Waals surface area contributed by atoms with Gasteiger partial charge in [0.25, 0.3) is 0 Å². The van der Waals surface area contributed by atoms with Gasteiger partial charge in [-0.3, -0.25) is 14.4 Å². The van der Waals surface area contributed by atoms with E-state index in [4.69, 9.17) is 14.2 Å². The molecule has 0 aliphatic rings. The van der Waals surface area contributed by atoms with E-state index in [-0.39, 0.29) is 31.1 Å². The second-order valence-electron chi connectivity index (χ2n) is 21.6. The molecule has 0 aromatic rings. The number of hydrogen-bond donors (Lipinski definition) is 0. The van der Waals surface area contributed by atoms with Crippen molar-refractivity contribution in [2.24, 2.45) is 0 Å². The second-order valence-corrected chi connectivity index (χ2v) is 21.6. The fourth-order valence-electron chi connectivity index (χ4n) is 9.33. The minimum atomic E-state index is -0.786. The zero-order valence-corrected chi connectivity index (χ0v) is 50.3. The summed E-state index contributed by atoms with van der Waals surface area (Å²) in [4.78, 5) is 38.1. The third-order valence-electron chi connectivity index (χ3n) is 14.1. The molecule has 6 nitrogen and oxygen atoms in total. The van der Waals surface area contributed by atoms with E-state index in [0.717, 1.165) is 109 Å². The number of carbonyl (C=O) groups excluding carboxylic acids is 3. The molecule has 0 fully saturated rings. The Hall–Kier alpha value is -3.41. The van der Waals surface area contributed by atoms with Gasteiger partial charge < -0.3 is 14.2 Å². The Morgan fingerprint density at radius 3 is 0.816 bits per heavy atom. The third-order valence-corrected chi connectivity index (χ3v) is 14.1. The van der Waals surface area contributed by atoms with Crippen molar-refractivity contribution in [3.8, 4) is 0 Å². The molecule has 438 valence electrons. The van der Waals surface area contributed by atoms with E-state index in [1.165, 1.54) is 173 Å². The van der Waals surface area contributed by atoms with Crippen molar-refractivity contribution in [2.75, 3.05) is 13.2 Å². The maximum absolute atomic E-state index is 12.8. The van der Waals surface area contributed by atoms with Crippen LogP contribution in [-0.2, 0) is 28.6 Å². The molecule has 0 aromatic carbocycles. The second kappa shape index (κ2) is 64.1. The van der Waals surface area contributed by atoms with Crippen LogP contribution >= 0.6 is 0 Å². The van der Waals surface area contributed by atoms with Gasteiger partial charge in [0.1, 0.15) is 13.2 Å². The molecule has 0 amide bonds. The Morgan fingerprint density at radius 1 is 0.276 bits per heavy atom. The number of allylic oxidation sites excluding steroid dienone is 14. The van der Waals surface area contributed by atoms with Crippen LogP contribution < -0.4 is 0 Å².